The minimum Gasteiger partial charge on any atom is -0.394 e. The van der Waals surface area contributed by atoms with Gasteiger partial charge in [0.15, 0.2) is 0 Å². The number of aryl methyl sites for hydroxylation is 3. The van der Waals surface area contributed by atoms with Crippen LogP contribution in [0.3, 0.4) is 0 Å². The van der Waals surface area contributed by atoms with Gasteiger partial charge in [0.2, 0.25) is 0 Å². The van der Waals surface area contributed by atoms with E-state index in [0.29, 0.717) is 65.8 Å². The Morgan fingerprint density at radius 1 is 0.508 bits per heavy atom. The van der Waals surface area contributed by atoms with Crippen LogP contribution < -0.4 is 11.5 Å². The number of hydrogen-bond donors (Lipinski definition) is 4. The molecule has 3 aromatic carbocycles. The van der Waals surface area contributed by atoms with Crippen LogP contribution in [-0.2, 0) is 56.6 Å². The molecule has 0 heterocycles. The average molecular weight is 972 g/mol. The van der Waals surface area contributed by atoms with Crippen molar-refractivity contribution in [2.45, 2.75) is 35.5 Å². The van der Waals surface area contributed by atoms with Crippen molar-refractivity contribution in [1.29, 1.82) is 0 Å². The molecule has 3 rings (SSSR count). The summed E-state index contributed by atoms with van der Waals surface area (Å²) in [6, 6.07) is 19.0. The standard InChI is InChI=1S/C18H22O7S2.C7H7ClO2S.C4H8N6O.C4H12N2O.C4H10O3/c1-15-3-7-17(8-4-15)26(19,20)24-13-11-23-12-14-25-27(21,22)18-9-5-16(2)6-10-18;1-6-2-4-7(5-3-6)11(8,9)10;5-9-7-1-3-11-4-2-8-10-6;2*5-1-3-7-4-2-6/h3-10H,11-14H2,1-2H3;2-5H,1H3;1-4H2;1-6H2;5-6H,1-4H2. The number of benzene rings is 3. The molecule has 22 nitrogen and oxygen atoms in total. The highest BCUT2D eigenvalue weighted by Crippen LogP contribution is 2.15. The van der Waals surface area contributed by atoms with Crippen molar-refractivity contribution in [3.8, 4) is 0 Å². The lowest BCUT2D eigenvalue weighted by Crippen LogP contribution is -2.15. The Labute approximate surface area is 374 Å². The SMILES string of the molecule is Cc1ccc(S(=O)(=O)Cl)cc1.Cc1ccc(S(=O)(=O)OCCOCCOS(=O)(=O)c2ccc(C)cc2)cc1.NCCOCCN.OCCOCCO.[N-]=[N+]=NCCOCCN=[N+]=[N-]. The zero-order chi connectivity index (χ0) is 47.8. The Morgan fingerprint density at radius 2 is 0.810 bits per heavy atom. The number of halogens is 1. The van der Waals surface area contributed by atoms with Gasteiger partial charge < -0.3 is 40.6 Å². The molecule has 0 aliphatic rings. The Balaban J connectivity index is 0. The number of hydrogen-bond acceptors (Lipinski definition) is 18. The predicted octanol–water partition coefficient (Wildman–Crippen LogP) is 3.88. The van der Waals surface area contributed by atoms with E-state index in [0.717, 1.165) is 16.7 Å². The van der Waals surface area contributed by atoms with Crippen LogP contribution in [0.5, 0.6) is 0 Å². The zero-order valence-corrected chi connectivity index (χ0v) is 38.7. The van der Waals surface area contributed by atoms with E-state index in [1.165, 1.54) is 36.4 Å². The van der Waals surface area contributed by atoms with Crippen molar-refractivity contribution in [3.63, 3.8) is 0 Å². The van der Waals surface area contributed by atoms with E-state index in [9.17, 15) is 25.3 Å². The molecule has 0 aromatic heterocycles. The van der Waals surface area contributed by atoms with Crippen LogP contribution >= 0.6 is 10.7 Å². The summed E-state index contributed by atoms with van der Waals surface area (Å²) in [6.45, 7) is 9.66. The molecule has 0 radical (unpaired) electrons. The monoisotopic (exact) mass is 970 g/mol. The summed E-state index contributed by atoms with van der Waals surface area (Å²) in [5, 5.41) is 22.7. The third kappa shape index (κ3) is 35.1. The molecule has 0 atom stereocenters. The Morgan fingerprint density at radius 3 is 1.11 bits per heavy atom. The van der Waals surface area contributed by atoms with Crippen molar-refractivity contribution >= 4 is 40.0 Å². The van der Waals surface area contributed by atoms with Crippen LogP contribution in [0, 0.1) is 20.8 Å². The third-order valence-electron chi connectivity index (χ3n) is 6.65. The maximum absolute atomic E-state index is 12.0. The maximum atomic E-state index is 12.0. The minimum absolute atomic E-state index is 0.0149. The van der Waals surface area contributed by atoms with Crippen LogP contribution in [-0.4, -0.2) is 141 Å². The highest BCUT2D eigenvalue weighted by atomic mass is 35.7. The molecule has 0 unspecified atom stereocenters. The van der Waals surface area contributed by atoms with Crippen molar-refractivity contribution in [2.75, 3.05) is 105 Å². The number of aliphatic hydroxyl groups excluding tert-OH is 2. The number of azide groups is 2. The van der Waals surface area contributed by atoms with Gasteiger partial charge in [0.25, 0.3) is 29.3 Å². The number of nitrogens with two attached hydrogens (primary N) is 2. The number of rotatable bonds is 25. The second kappa shape index (κ2) is 38.5. The second-order valence-electron chi connectivity index (χ2n) is 11.8. The fraction of sp³-hybridized carbons (Fsp3) is 0.514. The van der Waals surface area contributed by atoms with E-state index in [-0.39, 0.29) is 54.3 Å². The van der Waals surface area contributed by atoms with Gasteiger partial charge in [-0.25, -0.2) is 8.42 Å². The van der Waals surface area contributed by atoms with Crippen LogP contribution in [0.25, 0.3) is 20.9 Å². The maximum Gasteiger partial charge on any atom is 0.297 e. The highest BCUT2D eigenvalue weighted by Gasteiger charge is 2.16. The molecule has 356 valence electrons. The lowest BCUT2D eigenvalue weighted by Gasteiger charge is -2.08. The quantitative estimate of drug-likeness (QED) is 0.0234. The molecular weight excluding hydrogens is 912 g/mol. The molecular formula is C37H59ClN8O14S3. The van der Waals surface area contributed by atoms with Crippen molar-refractivity contribution in [2.24, 2.45) is 21.7 Å². The van der Waals surface area contributed by atoms with Gasteiger partial charge in [0.1, 0.15) is 0 Å². The molecule has 0 spiro atoms. The van der Waals surface area contributed by atoms with Crippen molar-refractivity contribution < 1.29 is 62.8 Å². The molecule has 0 fully saturated rings. The van der Waals surface area contributed by atoms with Gasteiger partial charge in [-0.05, 0) is 68.2 Å². The summed E-state index contributed by atoms with van der Waals surface area (Å²) < 4.78 is 98.6. The zero-order valence-electron chi connectivity index (χ0n) is 35.5. The van der Waals surface area contributed by atoms with E-state index < -0.39 is 29.3 Å². The molecule has 0 amide bonds. The van der Waals surface area contributed by atoms with Crippen molar-refractivity contribution in [1.82, 2.24) is 0 Å². The topological polar surface area (TPSA) is 348 Å². The fourth-order valence-electron chi connectivity index (χ4n) is 3.66. The molecule has 0 bridgehead atoms. The molecule has 0 saturated heterocycles. The van der Waals surface area contributed by atoms with Gasteiger partial charge in [-0.15, -0.1) is 0 Å². The van der Waals surface area contributed by atoms with Crippen LogP contribution in [0.1, 0.15) is 16.7 Å². The van der Waals surface area contributed by atoms with Gasteiger partial charge in [0.05, 0.1) is 94.0 Å². The summed E-state index contributed by atoms with van der Waals surface area (Å²) in [4.78, 5) is 5.35. The van der Waals surface area contributed by atoms with Crippen molar-refractivity contribution in [3.05, 3.63) is 110 Å². The van der Waals surface area contributed by atoms with Gasteiger partial charge in [-0.3, -0.25) is 8.37 Å². The first kappa shape index (κ1) is 61.1. The average Bonchev–Trinajstić information content (AvgIpc) is 3.24. The minimum atomic E-state index is -3.84. The molecule has 0 aliphatic carbocycles. The van der Waals surface area contributed by atoms with Crippen LogP contribution in [0.2, 0.25) is 0 Å². The smallest absolute Gasteiger partial charge is 0.297 e. The van der Waals surface area contributed by atoms with Crippen LogP contribution in [0.4, 0.5) is 0 Å². The summed E-state index contributed by atoms with van der Waals surface area (Å²) in [7, 11) is -6.14. The normalized spacial score (nSPS) is 10.7. The molecule has 0 aliphatic heterocycles. The summed E-state index contributed by atoms with van der Waals surface area (Å²) in [6.07, 6.45) is 0. The molecule has 0 saturated carbocycles. The second-order valence-corrected chi connectivity index (χ2v) is 17.6. The lowest BCUT2D eigenvalue weighted by atomic mass is 10.2. The first-order chi connectivity index (χ1) is 29.9. The molecule has 6 N–H and O–H groups in total. The van der Waals surface area contributed by atoms with E-state index in [1.54, 1.807) is 36.4 Å². The van der Waals surface area contributed by atoms with Gasteiger partial charge in [0, 0.05) is 46.7 Å². The first-order valence-corrected chi connectivity index (χ1v) is 24.0. The van der Waals surface area contributed by atoms with Gasteiger partial charge in [-0.2, -0.15) is 16.8 Å². The van der Waals surface area contributed by atoms with Gasteiger partial charge >= 0.3 is 0 Å². The summed E-state index contributed by atoms with van der Waals surface area (Å²) in [5.74, 6) is 0. The van der Waals surface area contributed by atoms with E-state index >= 15 is 0 Å². The first-order valence-electron chi connectivity index (χ1n) is 18.8. The Hall–Kier alpha value is -3.98. The predicted molar refractivity (Wildman–Crippen MR) is 236 cm³/mol. The van der Waals surface area contributed by atoms with E-state index in [1.807, 2.05) is 20.8 Å². The van der Waals surface area contributed by atoms with Gasteiger partial charge in [-0.1, -0.05) is 63.3 Å². The molecule has 26 heteroatoms. The number of ether oxygens (including phenoxy) is 4. The Kier molecular flexibility index (Phi) is 37.3. The Bertz CT molecular complexity index is 1920. The molecule has 63 heavy (non-hydrogen) atoms. The number of aliphatic hydroxyl groups is 2. The van der Waals surface area contributed by atoms with Crippen LogP contribution in [0.15, 0.2) is 97.7 Å². The fourth-order valence-corrected chi connectivity index (χ4v) is 6.21. The summed E-state index contributed by atoms with van der Waals surface area (Å²) >= 11 is 0. The molecule has 3 aromatic rings. The van der Waals surface area contributed by atoms with E-state index in [4.69, 9.17) is 66.0 Å². The number of nitrogens with zero attached hydrogens (tertiary/aromatic N) is 6. The highest BCUT2D eigenvalue weighted by molar-refractivity contribution is 8.13. The summed E-state index contributed by atoms with van der Waals surface area (Å²) in [5.41, 5.74) is 28.8. The third-order valence-corrected chi connectivity index (χ3v) is 10.7. The largest absolute Gasteiger partial charge is 0.394 e. The lowest BCUT2D eigenvalue weighted by molar-refractivity contribution is 0.0650. The van der Waals surface area contributed by atoms with E-state index in [2.05, 4.69) is 24.8 Å².